The van der Waals surface area contributed by atoms with Crippen LogP contribution in [0.3, 0.4) is 0 Å². The summed E-state index contributed by atoms with van der Waals surface area (Å²) in [5, 5.41) is 8.11. The number of carbonyl (C=O) groups excluding carboxylic acids is 1. The van der Waals surface area contributed by atoms with Crippen molar-refractivity contribution in [2.45, 2.75) is 13.8 Å². The molecule has 0 atom stereocenters. The number of nitrogens with zero attached hydrogens (tertiary/aromatic N) is 4. The van der Waals surface area contributed by atoms with Gasteiger partial charge in [-0.1, -0.05) is 12.6 Å². The van der Waals surface area contributed by atoms with Crippen molar-refractivity contribution in [3.8, 4) is 11.6 Å². The van der Waals surface area contributed by atoms with E-state index >= 15 is 0 Å². The lowest BCUT2D eigenvalue weighted by atomic mass is 9.93. The molecule has 0 saturated carbocycles. The van der Waals surface area contributed by atoms with Crippen molar-refractivity contribution in [2.24, 2.45) is 10.2 Å². The van der Waals surface area contributed by atoms with E-state index in [4.69, 9.17) is 9.15 Å². The summed E-state index contributed by atoms with van der Waals surface area (Å²) in [6.07, 6.45) is 2.93. The van der Waals surface area contributed by atoms with E-state index in [1.54, 1.807) is 19.1 Å². The van der Waals surface area contributed by atoms with Gasteiger partial charge in [-0.2, -0.15) is 0 Å². The Bertz CT molecular complexity index is 1120. The van der Waals surface area contributed by atoms with Crippen LogP contribution in [0, 0.1) is 6.92 Å². The fourth-order valence-corrected chi connectivity index (χ4v) is 2.85. The first kappa shape index (κ1) is 15.9. The fourth-order valence-electron chi connectivity index (χ4n) is 2.85. The highest BCUT2D eigenvalue weighted by molar-refractivity contribution is 6.05. The first-order valence-electron chi connectivity index (χ1n) is 7.88. The number of hydrogen-bond donors (Lipinski definition) is 0. The number of carbonyl (C=O) groups is 1. The zero-order valence-electron chi connectivity index (χ0n) is 14.2. The van der Waals surface area contributed by atoms with Gasteiger partial charge >= 0.3 is 0 Å². The van der Waals surface area contributed by atoms with Gasteiger partial charge in [0.15, 0.2) is 0 Å². The third-order valence-electron chi connectivity index (χ3n) is 4.15. The molecule has 1 aliphatic heterocycles. The van der Waals surface area contributed by atoms with E-state index in [1.807, 2.05) is 19.1 Å². The van der Waals surface area contributed by atoms with E-state index in [1.165, 1.54) is 12.6 Å². The Hall–Kier alpha value is -3.61. The van der Waals surface area contributed by atoms with Crippen molar-refractivity contribution < 1.29 is 13.9 Å². The molecule has 0 N–H and O–H groups in total. The molecule has 3 aromatic rings. The largest absolute Gasteiger partial charge is 0.446 e. The van der Waals surface area contributed by atoms with Gasteiger partial charge in [0.05, 0.1) is 12.0 Å². The van der Waals surface area contributed by atoms with Gasteiger partial charge in [-0.15, -0.1) is 10.2 Å². The van der Waals surface area contributed by atoms with Crippen LogP contribution < -0.4 is 4.74 Å². The maximum absolute atomic E-state index is 11.8. The number of fused-ring (bicyclic) bond motifs is 1. The minimum absolute atomic E-state index is 0.351. The molecular weight excluding hydrogens is 332 g/mol. The third-order valence-corrected chi connectivity index (χ3v) is 4.15. The second kappa shape index (κ2) is 6.03. The molecule has 1 aliphatic rings. The number of amides is 1. The second-order valence-corrected chi connectivity index (χ2v) is 5.85. The first-order chi connectivity index (χ1) is 12.5. The molecule has 0 saturated heterocycles. The number of allylic oxidation sites excluding steroid dienone is 1. The van der Waals surface area contributed by atoms with Crippen LogP contribution >= 0.6 is 0 Å². The van der Waals surface area contributed by atoms with Crippen LogP contribution in [0.15, 0.2) is 69.4 Å². The van der Waals surface area contributed by atoms with Gasteiger partial charge in [0, 0.05) is 11.1 Å². The monoisotopic (exact) mass is 346 g/mol. The van der Waals surface area contributed by atoms with Crippen LogP contribution in [-0.4, -0.2) is 15.9 Å². The predicted octanol–water partition coefficient (Wildman–Crippen LogP) is 4.60. The predicted molar refractivity (Wildman–Crippen MR) is 94.7 cm³/mol. The smallest absolute Gasteiger partial charge is 0.291 e. The average molecular weight is 346 g/mol. The number of rotatable bonds is 3. The minimum Gasteiger partial charge on any atom is -0.446 e. The molecule has 0 spiro atoms. The molecule has 128 valence electrons. The number of hydrogen-bond acceptors (Lipinski definition) is 6. The summed E-state index contributed by atoms with van der Waals surface area (Å²) in [5.74, 6) is 0.674. The molecular formula is C19H14N4O3. The van der Waals surface area contributed by atoms with E-state index in [9.17, 15) is 4.79 Å². The minimum atomic E-state index is -0.351. The number of aryl methyl sites for hydroxylation is 1. The van der Waals surface area contributed by atoms with Crippen LogP contribution in [0.1, 0.15) is 18.1 Å². The number of furan rings is 1. The fraction of sp³-hybridized carbons (Fsp3) is 0.105. The van der Waals surface area contributed by atoms with Gasteiger partial charge < -0.3 is 9.15 Å². The van der Waals surface area contributed by atoms with Gasteiger partial charge in [0.25, 0.3) is 5.91 Å². The standard InChI is InChI=1S/C19H14N4O3/c1-10-8-13(26-19-15-6-7-25-18(15)20-9-21-19)4-5-14(10)16-11(2)17(24)23-22-12(16)3/h4-9H,3H2,1-2H3. The highest BCUT2D eigenvalue weighted by Crippen LogP contribution is 2.35. The highest BCUT2D eigenvalue weighted by atomic mass is 16.5. The highest BCUT2D eigenvalue weighted by Gasteiger charge is 2.21. The number of azo groups is 1. The van der Waals surface area contributed by atoms with Crippen molar-refractivity contribution in [2.75, 3.05) is 0 Å². The van der Waals surface area contributed by atoms with Gasteiger partial charge in [0.2, 0.25) is 11.6 Å². The summed E-state index contributed by atoms with van der Waals surface area (Å²) >= 11 is 0. The van der Waals surface area contributed by atoms with E-state index in [0.29, 0.717) is 39.6 Å². The van der Waals surface area contributed by atoms with Crippen molar-refractivity contribution >= 4 is 22.6 Å². The van der Waals surface area contributed by atoms with Gasteiger partial charge in [-0.3, -0.25) is 4.79 Å². The van der Waals surface area contributed by atoms with Gasteiger partial charge in [-0.05, 0) is 43.2 Å². The Morgan fingerprint density at radius 2 is 1.96 bits per heavy atom. The summed E-state index contributed by atoms with van der Waals surface area (Å²) in [4.78, 5) is 20.0. The van der Waals surface area contributed by atoms with E-state index in [0.717, 1.165) is 11.1 Å². The van der Waals surface area contributed by atoms with Crippen LogP contribution in [-0.2, 0) is 4.79 Å². The van der Waals surface area contributed by atoms with Gasteiger partial charge in [0.1, 0.15) is 17.5 Å². The quantitative estimate of drug-likeness (QED) is 0.691. The molecule has 4 rings (SSSR count). The zero-order chi connectivity index (χ0) is 18.3. The van der Waals surface area contributed by atoms with Crippen LogP contribution in [0.25, 0.3) is 16.7 Å². The van der Waals surface area contributed by atoms with Crippen LogP contribution in [0.5, 0.6) is 11.6 Å². The zero-order valence-corrected chi connectivity index (χ0v) is 14.2. The SMILES string of the molecule is C=C1N=NC(=O)C(C)=C1c1ccc(Oc2ncnc3occc23)cc1C. The Balaban J connectivity index is 1.71. The summed E-state index contributed by atoms with van der Waals surface area (Å²) < 4.78 is 11.1. The van der Waals surface area contributed by atoms with E-state index in [2.05, 4.69) is 26.8 Å². The van der Waals surface area contributed by atoms with Crippen molar-refractivity contribution in [3.63, 3.8) is 0 Å². The average Bonchev–Trinajstić information content (AvgIpc) is 3.10. The Kier molecular flexibility index (Phi) is 3.69. The lowest BCUT2D eigenvalue weighted by Crippen LogP contribution is -2.06. The number of aromatic nitrogens is 2. The molecule has 1 aromatic carbocycles. The molecule has 3 heterocycles. The topological polar surface area (TPSA) is 89.9 Å². The lowest BCUT2D eigenvalue weighted by Gasteiger charge is -2.16. The number of ether oxygens (including phenoxy) is 1. The molecule has 0 radical (unpaired) electrons. The first-order valence-corrected chi connectivity index (χ1v) is 7.88. The Labute approximate surface area is 148 Å². The van der Waals surface area contributed by atoms with E-state index < -0.39 is 0 Å². The molecule has 0 unspecified atom stereocenters. The maximum Gasteiger partial charge on any atom is 0.291 e. The lowest BCUT2D eigenvalue weighted by molar-refractivity contribution is -0.114. The Morgan fingerprint density at radius 1 is 1.12 bits per heavy atom. The van der Waals surface area contributed by atoms with Crippen molar-refractivity contribution in [1.82, 2.24) is 9.97 Å². The molecule has 26 heavy (non-hydrogen) atoms. The molecule has 0 fully saturated rings. The summed E-state index contributed by atoms with van der Waals surface area (Å²) in [6, 6.07) is 7.30. The molecule has 7 nitrogen and oxygen atoms in total. The summed E-state index contributed by atoms with van der Waals surface area (Å²) in [5.41, 5.74) is 3.94. The normalized spacial score (nSPS) is 14.4. The van der Waals surface area contributed by atoms with Crippen molar-refractivity contribution in [1.29, 1.82) is 0 Å². The number of benzene rings is 1. The summed E-state index contributed by atoms with van der Waals surface area (Å²) in [6.45, 7) is 7.54. The molecule has 1 amide bonds. The van der Waals surface area contributed by atoms with Crippen LogP contribution in [0.4, 0.5) is 0 Å². The molecule has 0 aliphatic carbocycles. The van der Waals surface area contributed by atoms with E-state index in [-0.39, 0.29) is 5.91 Å². The molecule has 2 aromatic heterocycles. The molecule has 7 heteroatoms. The van der Waals surface area contributed by atoms with Crippen molar-refractivity contribution in [3.05, 3.63) is 65.8 Å². The van der Waals surface area contributed by atoms with Gasteiger partial charge in [-0.25, -0.2) is 9.97 Å². The second-order valence-electron chi connectivity index (χ2n) is 5.85. The Morgan fingerprint density at radius 3 is 2.77 bits per heavy atom. The third kappa shape index (κ3) is 2.59. The van der Waals surface area contributed by atoms with Crippen LogP contribution in [0.2, 0.25) is 0 Å². The summed E-state index contributed by atoms with van der Waals surface area (Å²) in [7, 11) is 0. The maximum atomic E-state index is 11.8. The molecule has 0 bridgehead atoms.